The number of nitrogens with zero attached hydrogens (tertiary/aromatic N) is 1. The maximum Gasteiger partial charge on any atom is 0.339 e. The summed E-state index contributed by atoms with van der Waals surface area (Å²) in [6.45, 7) is -0.0648. The van der Waals surface area contributed by atoms with Crippen LogP contribution in [0.1, 0.15) is 26.4 Å². The molecule has 0 aliphatic heterocycles. The van der Waals surface area contributed by atoms with Crippen molar-refractivity contribution in [2.24, 2.45) is 0 Å². The molecule has 0 N–H and O–H groups in total. The second kappa shape index (κ2) is 7.44. The Bertz CT molecular complexity index is 886. The molecule has 6 heteroatoms. The Balaban J connectivity index is 1.70. The molecule has 2 aromatic carbocycles. The summed E-state index contributed by atoms with van der Waals surface area (Å²) in [4.78, 5) is 24.0. The number of rotatable bonds is 5. The average Bonchev–Trinajstić information content (AvgIpc) is 3.15. The molecule has 126 valence electrons. The summed E-state index contributed by atoms with van der Waals surface area (Å²) in [5.41, 5.74) is 1.65. The van der Waals surface area contributed by atoms with Gasteiger partial charge in [-0.25, -0.2) is 9.59 Å². The molecule has 0 atom stereocenters. The van der Waals surface area contributed by atoms with Crippen LogP contribution in [0.5, 0.6) is 0 Å². The summed E-state index contributed by atoms with van der Waals surface area (Å²) in [6, 6.07) is 17.5. The molecule has 0 unspecified atom stereocenters. The summed E-state index contributed by atoms with van der Waals surface area (Å²) in [7, 11) is 1.25. The van der Waals surface area contributed by atoms with E-state index in [1.54, 1.807) is 18.2 Å². The predicted octanol–water partition coefficient (Wildman–Crippen LogP) is 3.49. The summed E-state index contributed by atoms with van der Waals surface area (Å²) in [6.07, 6.45) is 0. The molecule has 6 nitrogen and oxygen atoms in total. The number of carbonyl (C=O) groups excluding carboxylic acids is 2. The van der Waals surface area contributed by atoms with E-state index in [1.165, 1.54) is 19.2 Å². The third-order valence-corrected chi connectivity index (χ3v) is 3.52. The lowest BCUT2D eigenvalue weighted by Crippen LogP contribution is -2.12. The number of ether oxygens (including phenoxy) is 2. The van der Waals surface area contributed by atoms with Gasteiger partial charge in [0.15, 0.2) is 5.76 Å². The van der Waals surface area contributed by atoms with Crippen LogP contribution in [0.3, 0.4) is 0 Å². The standard InChI is InChI=1S/C19H15NO5/c1-23-18(21)15-9-5-6-10-16(15)19(22)24-12-14-11-17(25-20-14)13-7-3-2-4-8-13/h2-11H,12H2,1H3. The first-order valence-corrected chi connectivity index (χ1v) is 7.54. The summed E-state index contributed by atoms with van der Waals surface area (Å²) < 4.78 is 15.2. The number of esters is 2. The predicted molar refractivity (Wildman–Crippen MR) is 88.8 cm³/mol. The lowest BCUT2D eigenvalue weighted by atomic mass is 10.1. The zero-order chi connectivity index (χ0) is 17.6. The first kappa shape index (κ1) is 16.4. The Morgan fingerprint density at radius 3 is 2.28 bits per heavy atom. The van der Waals surface area contributed by atoms with Crippen molar-refractivity contribution in [3.05, 3.63) is 77.5 Å². The zero-order valence-corrected chi connectivity index (χ0v) is 13.5. The molecule has 1 heterocycles. The van der Waals surface area contributed by atoms with E-state index in [0.29, 0.717) is 11.5 Å². The minimum Gasteiger partial charge on any atom is -0.465 e. The summed E-state index contributed by atoms with van der Waals surface area (Å²) >= 11 is 0. The topological polar surface area (TPSA) is 78.6 Å². The quantitative estimate of drug-likeness (QED) is 0.663. The van der Waals surface area contributed by atoms with Crippen LogP contribution in [0.25, 0.3) is 11.3 Å². The summed E-state index contributed by atoms with van der Waals surface area (Å²) in [5, 5.41) is 3.89. The second-order valence-electron chi connectivity index (χ2n) is 5.16. The van der Waals surface area contributed by atoms with Crippen LogP contribution in [0.4, 0.5) is 0 Å². The monoisotopic (exact) mass is 337 g/mol. The second-order valence-corrected chi connectivity index (χ2v) is 5.16. The maximum atomic E-state index is 12.2. The van der Waals surface area contributed by atoms with E-state index < -0.39 is 11.9 Å². The van der Waals surface area contributed by atoms with Crippen molar-refractivity contribution in [3.8, 4) is 11.3 Å². The largest absolute Gasteiger partial charge is 0.465 e. The highest BCUT2D eigenvalue weighted by molar-refractivity contribution is 6.03. The molecule has 1 aromatic heterocycles. The lowest BCUT2D eigenvalue weighted by Gasteiger charge is -2.07. The Morgan fingerprint density at radius 1 is 0.960 bits per heavy atom. The molecule has 0 fully saturated rings. The number of benzene rings is 2. The van der Waals surface area contributed by atoms with Crippen molar-refractivity contribution in [2.45, 2.75) is 6.61 Å². The van der Waals surface area contributed by atoms with Gasteiger partial charge in [0.1, 0.15) is 12.3 Å². The van der Waals surface area contributed by atoms with Crippen molar-refractivity contribution in [1.82, 2.24) is 5.16 Å². The number of carbonyl (C=O) groups is 2. The molecule has 3 aromatic rings. The van der Waals surface area contributed by atoms with Crippen LogP contribution in [0.15, 0.2) is 65.2 Å². The number of hydrogen-bond acceptors (Lipinski definition) is 6. The van der Waals surface area contributed by atoms with Crippen LogP contribution < -0.4 is 0 Å². The first-order valence-electron chi connectivity index (χ1n) is 7.54. The fraction of sp³-hybridized carbons (Fsp3) is 0.105. The van der Waals surface area contributed by atoms with Crippen LogP contribution >= 0.6 is 0 Å². The molecule has 0 saturated heterocycles. The molecule has 0 amide bonds. The highest BCUT2D eigenvalue weighted by atomic mass is 16.5. The first-order chi connectivity index (χ1) is 12.2. The number of hydrogen-bond donors (Lipinski definition) is 0. The summed E-state index contributed by atoms with van der Waals surface area (Å²) in [5.74, 6) is -0.646. The van der Waals surface area contributed by atoms with E-state index in [-0.39, 0.29) is 17.7 Å². The van der Waals surface area contributed by atoms with Crippen molar-refractivity contribution in [2.75, 3.05) is 7.11 Å². The third-order valence-electron chi connectivity index (χ3n) is 3.52. The minimum atomic E-state index is -0.634. The van der Waals surface area contributed by atoms with E-state index in [9.17, 15) is 9.59 Å². The highest BCUT2D eigenvalue weighted by Crippen LogP contribution is 2.20. The molecular formula is C19H15NO5. The number of aromatic nitrogens is 1. The van der Waals surface area contributed by atoms with E-state index in [0.717, 1.165) is 5.56 Å². The van der Waals surface area contributed by atoms with E-state index in [4.69, 9.17) is 9.26 Å². The number of methoxy groups -OCH3 is 1. The molecule has 0 aliphatic rings. The van der Waals surface area contributed by atoms with Gasteiger partial charge in [0, 0.05) is 11.6 Å². The SMILES string of the molecule is COC(=O)c1ccccc1C(=O)OCc1cc(-c2ccccc2)on1. The Morgan fingerprint density at radius 2 is 1.60 bits per heavy atom. The van der Waals surface area contributed by atoms with Gasteiger partial charge in [-0.2, -0.15) is 0 Å². The Hall–Kier alpha value is -3.41. The van der Waals surface area contributed by atoms with Gasteiger partial charge in [-0.05, 0) is 12.1 Å². The molecular weight excluding hydrogens is 322 g/mol. The maximum absolute atomic E-state index is 12.2. The van der Waals surface area contributed by atoms with Gasteiger partial charge in [-0.15, -0.1) is 0 Å². The van der Waals surface area contributed by atoms with E-state index >= 15 is 0 Å². The van der Waals surface area contributed by atoms with Gasteiger partial charge in [0.2, 0.25) is 0 Å². The van der Waals surface area contributed by atoms with Gasteiger partial charge < -0.3 is 14.0 Å². The molecule has 3 rings (SSSR count). The molecule has 0 saturated carbocycles. The van der Waals surface area contributed by atoms with Crippen LogP contribution in [-0.2, 0) is 16.1 Å². The van der Waals surface area contributed by atoms with Crippen molar-refractivity contribution >= 4 is 11.9 Å². The van der Waals surface area contributed by atoms with Crippen molar-refractivity contribution in [1.29, 1.82) is 0 Å². The van der Waals surface area contributed by atoms with E-state index in [2.05, 4.69) is 9.89 Å². The van der Waals surface area contributed by atoms with Gasteiger partial charge in [0.25, 0.3) is 0 Å². The molecule has 0 radical (unpaired) electrons. The molecule has 0 aliphatic carbocycles. The zero-order valence-electron chi connectivity index (χ0n) is 13.5. The van der Waals surface area contributed by atoms with Gasteiger partial charge in [0.05, 0.1) is 18.2 Å². The van der Waals surface area contributed by atoms with Crippen LogP contribution in [0, 0.1) is 0 Å². The van der Waals surface area contributed by atoms with Crippen LogP contribution in [-0.4, -0.2) is 24.2 Å². The van der Waals surface area contributed by atoms with E-state index in [1.807, 2.05) is 30.3 Å². The highest BCUT2D eigenvalue weighted by Gasteiger charge is 2.18. The Kier molecular flexibility index (Phi) is 4.89. The molecule has 25 heavy (non-hydrogen) atoms. The fourth-order valence-electron chi connectivity index (χ4n) is 2.28. The fourth-order valence-corrected chi connectivity index (χ4v) is 2.28. The van der Waals surface area contributed by atoms with Gasteiger partial charge in [-0.1, -0.05) is 47.6 Å². The lowest BCUT2D eigenvalue weighted by molar-refractivity contribution is 0.0450. The van der Waals surface area contributed by atoms with Gasteiger partial charge in [-0.3, -0.25) is 0 Å². The third kappa shape index (κ3) is 3.74. The molecule has 0 spiro atoms. The minimum absolute atomic E-state index is 0.0648. The average molecular weight is 337 g/mol. The van der Waals surface area contributed by atoms with Crippen LogP contribution in [0.2, 0.25) is 0 Å². The van der Waals surface area contributed by atoms with Crippen molar-refractivity contribution in [3.63, 3.8) is 0 Å². The normalized spacial score (nSPS) is 10.3. The molecule has 0 bridgehead atoms. The van der Waals surface area contributed by atoms with Crippen molar-refractivity contribution < 1.29 is 23.6 Å². The smallest absolute Gasteiger partial charge is 0.339 e. The van der Waals surface area contributed by atoms with Gasteiger partial charge >= 0.3 is 11.9 Å². The Labute approximate surface area is 144 Å².